The van der Waals surface area contributed by atoms with E-state index in [-0.39, 0.29) is 11.9 Å². The average molecular weight is 206 g/mol. The van der Waals surface area contributed by atoms with Crippen LogP contribution in [-0.2, 0) is 4.79 Å². The Balaban J connectivity index is 2.83. The van der Waals surface area contributed by atoms with Gasteiger partial charge in [-0.05, 0) is 43.5 Å². The van der Waals surface area contributed by atoms with Crippen molar-refractivity contribution in [2.75, 3.05) is 5.32 Å². The minimum Gasteiger partial charge on any atom is -0.374 e. The quantitative estimate of drug-likeness (QED) is 0.791. The number of anilines is 1. The Morgan fingerprint density at radius 3 is 2.27 bits per heavy atom. The maximum atomic E-state index is 11.1. The van der Waals surface area contributed by atoms with Crippen LogP contribution in [0.15, 0.2) is 18.2 Å². The van der Waals surface area contributed by atoms with Gasteiger partial charge in [0.1, 0.15) is 6.04 Å². The lowest BCUT2D eigenvalue weighted by Gasteiger charge is -2.15. The molecule has 15 heavy (non-hydrogen) atoms. The van der Waals surface area contributed by atoms with Gasteiger partial charge in [0, 0.05) is 5.69 Å². The lowest BCUT2D eigenvalue weighted by Crippen LogP contribution is -2.34. The predicted octanol–water partition coefficient (Wildman–Crippen LogP) is 1.98. The maximum absolute atomic E-state index is 11.1. The Morgan fingerprint density at radius 1 is 1.33 bits per heavy atom. The van der Waals surface area contributed by atoms with Crippen molar-refractivity contribution in [2.45, 2.75) is 33.2 Å². The molecule has 1 aromatic carbocycles. The molecular formula is C12H18N2O. The van der Waals surface area contributed by atoms with E-state index in [1.807, 2.05) is 32.9 Å². The van der Waals surface area contributed by atoms with Crippen molar-refractivity contribution in [1.82, 2.24) is 0 Å². The van der Waals surface area contributed by atoms with E-state index in [0.29, 0.717) is 6.42 Å². The van der Waals surface area contributed by atoms with Crippen LogP contribution in [0.4, 0.5) is 5.69 Å². The summed E-state index contributed by atoms with van der Waals surface area (Å²) in [5.41, 5.74) is 8.58. The molecule has 0 saturated heterocycles. The second-order valence-corrected chi connectivity index (χ2v) is 3.88. The molecule has 1 unspecified atom stereocenters. The van der Waals surface area contributed by atoms with E-state index in [2.05, 4.69) is 11.4 Å². The number of rotatable bonds is 4. The van der Waals surface area contributed by atoms with E-state index in [1.165, 1.54) is 11.1 Å². The zero-order chi connectivity index (χ0) is 11.4. The molecule has 1 rings (SSSR count). The Labute approximate surface area is 90.7 Å². The van der Waals surface area contributed by atoms with Crippen molar-refractivity contribution >= 4 is 11.6 Å². The van der Waals surface area contributed by atoms with Gasteiger partial charge < -0.3 is 11.1 Å². The van der Waals surface area contributed by atoms with Crippen LogP contribution < -0.4 is 11.1 Å². The molecule has 0 heterocycles. The molecule has 0 fully saturated rings. The Kier molecular flexibility index (Phi) is 3.72. The summed E-state index contributed by atoms with van der Waals surface area (Å²) in [6, 6.07) is 5.83. The molecular weight excluding hydrogens is 188 g/mol. The number of hydrogen-bond acceptors (Lipinski definition) is 2. The van der Waals surface area contributed by atoms with E-state index < -0.39 is 0 Å². The van der Waals surface area contributed by atoms with E-state index >= 15 is 0 Å². The molecule has 0 aliphatic carbocycles. The first-order valence-electron chi connectivity index (χ1n) is 5.17. The molecule has 0 saturated carbocycles. The fraction of sp³-hybridized carbons (Fsp3) is 0.417. The molecule has 0 spiro atoms. The molecule has 82 valence electrons. The Hall–Kier alpha value is -1.51. The summed E-state index contributed by atoms with van der Waals surface area (Å²) in [5.74, 6) is -0.309. The lowest BCUT2D eigenvalue weighted by atomic mass is 10.1. The molecule has 0 aliphatic rings. The molecule has 1 amide bonds. The van der Waals surface area contributed by atoms with Gasteiger partial charge in [-0.2, -0.15) is 0 Å². The average Bonchev–Trinajstić information content (AvgIpc) is 2.12. The minimum atomic E-state index is -0.309. The molecule has 0 aromatic heterocycles. The zero-order valence-corrected chi connectivity index (χ0v) is 9.50. The largest absolute Gasteiger partial charge is 0.374 e. The first-order valence-corrected chi connectivity index (χ1v) is 5.17. The number of benzene rings is 1. The number of primary amides is 1. The fourth-order valence-corrected chi connectivity index (χ4v) is 1.63. The second kappa shape index (κ2) is 4.82. The molecule has 0 radical (unpaired) electrons. The molecule has 1 atom stereocenters. The molecule has 3 heteroatoms. The number of carbonyl (C=O) groups excluding carboxylic acids is 1. The van der Waals surface area contributed by atoms with Crippen molar-refractivity contribution in [3.05, 3.63) is 29.3 Å². The lowest BCUT2D eigenvalue weighted by molar-refractivity contribution is -0.118. The molecule has 3 N–H and O–H groups in total. The highest BCUT2D eigenvalue weighted by Gasteiger charge is 2.11. The van der Waals surface area contributed by atoms with Gasteiger partial charge in [0.2, 0.25) is 5.91 Å². The second-order valence-electron chi connectivity index (χ2n) is 3.88. The van der Waals surface area contributed by atoms with Crippen molar-refractivity contribution in [1.29, 1.82) is 0 Å². The van der Waals surface area contributed by atoms with Crippen molar-refractivity contribution in [3.63, 3.8) is 0 Å². The van der Waals surface area contributed by atoms with Crippen molar-refractivity contribution in [2.24, 2.45) is 5.73 Å². The first kappa shape index (κ1) is 11.6. The van der Waals surface area contributed by atoms with Crippen LogP contribution in [0.1, 0.15) is 24.5 Å². The molecule has 0 bridgehead atoms. The van der Waals surface area contributed by atoms with Crippen LogP contribution in [0.5, 0.6) is 0 Å². The Morgan fingerprint density at radius 2 is 1.87 bits per heavy atom. The van der Waals surface area contributed by atoms with Crippen molar-refractivity contribution in [3.8, 4) is 0 Å². The van der Waals surface area contributed by atoms with Crippen molar-refractivity contribution < 1.29 is 4.79 Å². The summed E-state index contributed by atoms with van der Waals surface area (Å²) < 4.78 is 0. The highest BCUT2D eigenvalue weighted by Crippen LogP contribution is 2.15. The van der Waals surface area contributed by atoms with Gasteiger partial charge in [0.05, 0.1) is 0 Å². The topological polar surface area (TPSA) is 55.1 Å². The van der Waals surface area contributed by atoms with Crippen LogP contribution in [0, 0.1) is 13.8 Å². The normalized spacial score (nSPS) is 12.2. The highest BCUT2D eigenvalue weighted by molar-refractivity contribution is 5.82. The van der Waals surface area contributed by atoms with Gasteiger partial charge in [0.25, 0.3) is 0 Å². The van der Waals surface area contributed by atoms with Gasteiger partial charge in [-0.25, -0.2) is 0 Å². The number of aryl methyl sites for hydroxylation is 2. The number of nitrogens with one attached hydrogen (secondary N) is 1. The number of nitrogens with two attached hydrogens (primary N) is 1. The summed E-state index contributed by atoms with van der Waals surface area (Å²) in [7, 11) is 0. The van der Waals surface area contributed by atoms with Crippen LogP contribution in [0.3, 0.4) is 0 Å². The Bertz CT molecular complexity index is 340. The van der Waals surface area contributed by atoms with Gasteiger partial charge in [0.15, 0.2) is 0 Å². The SMILES string of the molecule is CCC(Nc1cc(C)cc(C)c1)C(N)=O. The summed E-state index contributed by atoms with van der Waals surface area (Å²) in [5, 5.41) is 3.14. The van der Waals surface area contributed by atoms with Crippen LogP contribution in [-0.4, -0.2) is 11.9 Å². The summed E-state index contributed by atoms with van der Waals surface area (Å²) in [4.78, 5) is 11.1. The number of amides is 1. The minimum absolute atomic E-state index is 0.286. The monoisotopic (exact) mass is 206 g/mol. The zero-order valence-electron chi connectivity index (χ0n) is 9.50. The molecule has 1 aromatic rings. The summed E-state index contributed by atoms with van der Waals surface area (Å²) in [6.07, 6.45) is 0.697. The predicted molar refractivity (Wildman–Crippen MR) is 62.8 cm³/mol. The van der Waals surface area contributed by atoms with Gasteiger partial charge in [-0.15, -0.1) is 0 Å². The smallest absolute Gasteiger partial charge is 0.239 e. The van der Waals surface area contributed by atoms with E-state index in [4.69, 9.17) is 5.73 Å². The third kappa shape index (κ3) is 3.27. The number of carbonyl (C=O) groups is 1. The number of hydrogen-bond donors (Lipinski definition) is 2. The first-order chi connectivity index (χ1) is 7.02. The van der Waals surface area contributed by atoms with E-state index in [0.717, 1.165) is 5.69 Å². The fourth-order valence-electron chi connectivity index (χ4n) is 1.63. The highest BCUT2D eigenvalue weighted by atomic mass is 16.1. The van der Waals surface area contributed by atoms with Gasteiger partial charge >= 0.3 is 0 Å². The standard InChI is InChI=1S/C12H18N2O/c1-4-11(12(13)15)14-10-6-8(2)5-9(3)7-10/h5-7,11,14H,4H2,1-3H3,(H2,13,15). The van der Waals surface area contributed by atoms with Gasteiger partial charge in [-0.1, -0.05) is 13.0 Å². The molecule has 3 nitrogen and oxygen atoms in total. The van der Waals surface area contributed by atoms with E-state index in [9.17, 15) is 4.79 Å². The summed E-state index contributed by atoms with van der Waals surface area (Å²) in [6.45, 7) is 6.00. The van der Waals surface area contributed by atoms with Gasteiger partial charge in [-0.3, -0.25) is 4.79 Å². The molecule has 0 aliphatic heterocycles. The third-order valence-corrected chi connectivity index (χ3v) is 2.31. The third-order valence-electron chi connectivity index (χ3n) is 2.31. The maximum Gasteiger partial charge on any atom is 0.239 e. The van der Waals surface area contributed by atoms with E-state index in [1.54, 1.807) is 0 Å². The van der Waals surface area contributed by atoms with Crippen LogP contribution in [0.25, 0.3) is 0 Å². The van der Waals surface area contributed by atoms with Crippen LogP contribution in [0.2, 0.25) is 0 Å². The van der Waals surface area contributed by atoms with Crippen LogP contribution >= 0.6 is 0 Å². The summed E-state index contributed by atoms with van der Waals surface area (Å²) >= 11 is 0.